The molecule has 0 aromatic rings. The molecule has 0 rings (SSSR count). The normalized spacial score (nSPS) is 17.1. The first-order valence-corrected chi connectivity index (χ1v) is 5.76. The first-order valence-electron chi connectivity index (χ1n) is 4.61. The number of hydrogen-bond acceptors (Lipinski definition) is 3. The summed E-state index contributed by atoms with van der Waals surface area (Å²) in [5, 5.41) is 0. The van der Waals surface area contributed by atoms with Crippen LogP contribution in [0.25, 0.3) is 0 Å². The van der Waals surface area contributed by atoms with Gasteiger partial charge in [0, 0.05) is 23.6 Å². The van der Waals surface area contributed by atoms with Gasteiger partial charge in [-0.1, -0.05) is 6.92 Å². The lowest BCUT2D eigenvalue weighted by atomic mass is 10.0. The van der Waals surface area contributed by atoms with E-state index in [4.69, 9.17) is 11.5 Å². The first kappa shape index (κ1) is 12.8. The Morgan fingerprint density at radius 3 is 2.62 bits per heavy atom. The Labute approximate surface area is 85.4 Å². The number of amidine groups is 1. The molecule has 0 saturated carbocycles. The van der Waals surface area contributed by atoms with Gasteiger partial charge in [-0.25, -0.2) is 0 Å². The van der Waals surface area contributed by atoms with Crippen molar-refractivity contribution in [3.63, 3.8) is 0 Å². The molecule has 78 valence electrons. The fraction of sp³-hybridized carbons (Fsp3) is 0.889. The molecular formula is C9H21N3S. The van der Waals surface area contributed by atoms with Gasteiger partial charge < -0.3 is 11.5 Å². The average Bonchev–Trinajstić information content (AvgIpc) is 2.03. The van der Waals surface area contributed by atoms with E-state index in [1.54, 1.807) is 0 Å². The maximum atomic E-state index is 5.98. The van der Waals surface area contributed by atoms with Crippen LogP contribution in [0.1, 0.15) is 27.2 Å². The maximum absolute atomic E-state index is 5.98. The van der Waals surface area contributed by atoms with E-state index in [0.717, 1.165) is 24.5 Å². The molecule has 0 heterocycles. The van der Waals surface area contributed by atoms with Crippen LogP contribution in [-0.2, 0) is 0 Å². The van der Waals surface area contributed by atoms with Crippen LogP contribution in [0.2, 0.25) is 0 Å². The number of aliphatic imine (C=N–C) groups is 1. The van der Waals surface area contributed by atoms with Crippen LogP contribution in [0, 0.1) is 0 Å². The molecular weight excluding hydrogens is 182 g/mol. The summed E-state index contributed by atoms with van der Waals surface area (Å²) in [4.78, 5) is 4.10. The second-order valence-electron chi connectivity index (χ2n) is 3.58. The smallest absolute Gasteiger partial charge is 0.0905 e. The number of thioether (sulfide) groups is 1. The van der Waals surface area contributed by atoms with Crippen LogP contribution in [0.4, 0.5) is 0 Å². The molecule has 0 aliphatic rings. The monoisotopic (exact) mass is 203 g/mol. The molecule has 3 nitrogen and oxygen atoms in total. The molecule has 0 aliphatic heterocycles. The zero-order valence-electron chi connectivity index (χ0n) is 8.84. The van der Waals surface area contributed by atoms with Gasteiger partial charge in [-0.05, 0) is 20.3 Å². The fourth-order valence-corrected chi connectivity index (χ4v) is 1.73. The zero-order chi connectivity index (χ0) is 10.3. The van der Waals surface area contributed by atoms with E-state index in [1.807, 2.05) is 18.7 Å². The molecule has 0 aromatic carbocycles. The summed E-state index contributed by atoms with van der Waals surface area (Å²) in [6.07, 6.45) is 1.01. The van der Waals surface area contributed by atoms with Gasteiger partial charge in [0.2, 0.25) is 0 Å². The zero-order valence-corrected chi connectivity index (χ0v) is 9.66. The topological polar surface area (TPSA) is 64.4 Å². The summed E-state index contributed by atoms with van der Waals surface area (Å²) in [5.74, 6) is 2.65. The van der Waals surface area contributed by atoms with Crippen molar-refractivity contribution in [3.8, 4) is 0 Å². The predicted octanol–water partition coefficient (Wildman–Crippen LogP) is 1.22. The standard InChI is InChI=1S/C9H21N3S/c1-4-9(3,11)7-13-6-5-12-8(2)10/h4-7,11H2,1-3H3,(H2,10,12)/t9-/m0/s1. The Bertz CT molecular complexity index is 162. The molecule has 1 atom stereocenters. The van der Waals surface area contributed by atoms with Crippen LogP contribution in [0.15, 0.2) is 4.99 Å². The van der Waals surface area contributed by atoms with Crippen LogP contribution < -0.4 is 11.5 Å². The quantitative estimate of drug-likeness (QED) is 0.387. The molecule has 0 amide bonds. The number of rotatable bonds is 6. The average molecular weight is 203 g/mol. The minimum Gasteiger partial charge on any atom is -0.388 e. The van der Waals surface area contributed by atoms with E-state index in [-0.39, 0.29) is 5.54 Å². The first-order chi connectivity index (χ1) is 5.98. The number of nitrogens with zero attached hydrogens (tertiary/aromatic N) is 1. The molecule has 0 bridgehead atoms. The molecule has 0 saturated heterocycles. The van der Waals surface area contributed by atoms with Crippen molar-refractivity contribution < 1.29 is 0 Å². The van der Waals surface area contributed by atoms with Crippen LogP contribution >= 0.6 is 11.8 Å². The third-order valence-electron chi connectivity index (χ3n) is 1.84. The largest absolute Gasteiger partial charge is 0.388 e. The van der Waals surface area contributed by atoms with Gasteiger partial charge in [0.15, 0.2) is 0 Å². The summed E-state index contributed by atoms with van der Waals surface area (Å²) in [6, 6.07) is 0. The van der Waals surface area contributed by atoms with Gasteiger partial charge >= 0.3 is 0 Å². The van der Waals surface area contributed by atoms with E-state index < -0.39 is 0 Å². The summed E-state index contributed by atoms with van der Waals surface area (Å²) in [5.41, 5.74) is 11.3. The van der Waals surface area contributed by atoms with Gasteiger partial charge in [-0.3, -0.25) is 4.99 Å². The second kappa shape index (κ2) is 6.27. The van der Waals surface area contributed by atoms with Crippen molar-refractivity contribution in [2.75, 3.05) is 18.1 Å². The van der Waals surface area contributed by atoms with Gasteiger partial charge in [0.05, 0.1) is 5.84 Å². The van der Waals surface area contributed by atoms with E-state index in [9.17, 15) is 0 Å². The summed E-state index contributed by atoms with van der Waals surface area (Å²) in [7, 11) is 0. The molecule has 0 unspecified atom stereocenters. The lowest BCUT2D eigenvalue weighted by Crippen LogP contribution is -2.38. The van der Waals surface area contributed by atoms with Gasteiger partial charge in [0.25, 0.3) is 0 Å². The fourth-order valence-electron chi connectivity index (χ4n) is 0.694. The lowest BCUT2D eigenvalue weighted by molar-refractivity contribution is 0.511. The summed E-state index contributed by atoms with van der Waals surface area (Å²) in [6.45, 7) is 6.80. The molecule has 4 heteroatoms. The minimum atomic E-state index is -0.0356. The Kier molecular flexibility index (Phi) is 6.16. The highest BCUT2D eigenvalue weighted by molar-refractivity contribution is 7.99. The molecule has 0 aliphatic carbocycles. The maximum Gasteiger partial charge on any atom is 0.0905 e. The molecule has 4 N–H and O–H groups in total. The van der Waals surface area contributed by atoms with Crippen molar-refractivity contribution >= 4 is 17.6 Å². The molecule has 0 aromatic heterocycles. The van der Waals surface area contributed by atoms with E-state index >= 15 is 0 Å². The van der Waals surface area contributed by atoms with Crippen LogP contribution in [-0.4, -0.2) is 29.4 Å². The Balaban J connectivity index is 3.41. The minimum absolute atomic E-state index is 0.0356. The van der Waals surface area contributed by atoms with Crippen molar-refractivity contribution in [2.24, 2.45) is 16.5 Å². The van der Waals surface area contributed by atoms with Gasteiger partial charge in [-0.15, -0.1) is 0 Å². The Morgan fingerprint density at radius 1 is 1.54 bits per heavy atom. The number of nitrogens with two attached hydrogens (primary N) is 2. The van der Waals surface area contributed by atoms with Crippen LogP contribution in [0.3, 0.4) is 0 Å². The van der Waals surface area contributed by atoms with E-state index in [1.165, 1.54) is 0 Å². The van der Waals surface area contributed by atoms with E-state index in [0.29, 0.717) is 5.84 Å². The molecule has 0 radical (unpaired) electrons. The van der Waals surface area contributed by atoms with Crippen molar-refractivity contribution in [1.29, 1.82) is 0 Å². The molecule has 0 spiro atoms. The van der Waals surface area contributed by atoms with Crippen LogP contribution in [0.5, 0.6) is 0 Å². The van der Waals surface area contributed by atoms with E-state index in [2.05, 4.69) is 18.8 Å². The highest BCUT2D eigenvalue weighted by Crippen LogP contribution is 2.13. The lowest BCUT2D eigenvalue weighted by Gasteiger charge is -2.21. The third-order valence-corrected chi connectivity index (χ3v) is 3.17. The second-order valence-corrected chi connectivity index (χ2v) is 4.69. The van der Waals surface area contributed by atoms with Gasteiger partial charge in [-0.2, -0.15) is 11.8 Å². The van der Waals surface area contributed by atoms with Crippen molar-refractivity contribution in [1.82, 2.24) is 0 Å². The highest BCUT2D eigenvalue weighted by Gasteiger charge is 2.14. The van der Waals surface area contributed by atoms with Crippen molar-refractivity contribution in [2.45, 2.75) is 32.7 Å². The summed E-state index contributed by atoms with van der Waals surface area (Å²) < 4.78 is 0. The SMILES string of the molecule is CC[C@](C)(N)CSCCN=C(C)N. The summed E-state index contributed by atoms with van der Waals surface area (Å²) >= 11 is 1.84. The Morgan fingerprint density at radius 2 is 2.15 bits per heavy atom. The highest BCUT2D eigenvalue weighted by atomic mass is 32.2. The molecule has 0 fully saturated rings. The third kappa shape index (κ3) is 8.12. The molecule has 13 heavy (non-hydrogen) atoms. The van der Waals surface area contributed by atoms with Gasteiger partial charge in [0.1, 0.15) is 0 Å². The predicted molar refractivity (Wildman–Crippen MR) is 62.4 cm³/mol. The van der Waals surface area contributed by atoms with Crippen molar-refractivity contribution in [3.05, 3.63) is 0 Å². The number of hydrogen-bond donors (Lipinski definition) is 2. The Hall–Kier alpha value is -0.220.